The largest absolute Gasteiger partial charge is 0.367 e. The van der Waals surface area contributed by atoms with E-state index in [1.807, 2.05) is 17.7 Å². The molecule has 34 heavy (non-hydrogen) atoms. The molecule has 0 aromatic carbocycles. The van der Waals surface area contributed by atoms with Crippen molar-refractivity contribution in [3.05, 3.63) is 34.8 Å². The van der Waals surface area contributed by atoms with E-state index in [1.165, 1.54) is 6.20 Å². The van der Waals surface area contributed by atoms with Gasteiger partial charge in [-0.3, -0.25) is 14.2 Å². The first-order valence-corrected chi connectivity index (χ1v) is 11.8. The third-order valence-corrected chi connectivity index (χ3v) is 6.68. The van der Waals surface area contributed by atoms with Gasteiger partial charge in [-0.2, -0.15) is 4.98 Å². The number of nitrogens with one attached hydrogen (secondary N) is 1. The number of amides is 1. The molecule has 2 aliphatic carbocycles. The fourth-order valence-electron chi connectivity index (χ4n) is 5.09. The van der Waals surface area contributed by atoms with Crippen LogP contribution in [0.3, 0.4) is 0 Å². The number of ether oxygens (including phenoxy) is 1. The molecule has 2 heterocycles. The molecule has 2 aliphatic rings. The van der Waals surface area contributed by atoms with Crippen molar-refractivity contribution in [2.24, 2.45) is 16.9 Å². The number of aliphatic hydroxyl groups is 1. The highest BCUT2D eigenvalue weighted by Gasteiger charge is 2.35. The molecule has 1 saturated carbocycles. The normalized spacial score (nSPS) is 22.8. The van der Waals surface area contributed by atoms with E-state index in [-0.39, 0.29) is 35.5 Å². The van der Waals surface area contributed by atoms with Crippen LogP contribution in [0.2, 0.25) is 0 Å². The molecule has 0 saturated heterocycles. The van der Waals surface area contributed by atoms with Gasteiger partial charge in [-0.15, -0.1) is 0 Å². The molecule has 0 aliphatic heterocycles. The third kappa shape index (κ3) is 4.84. The Kier molecular flexibility index (Phi) is 6.75. The number of aryl methyl sites for hydroxylation is 1. The number of nitrogens with two attached hydrogens (primary N) is 2. The summed E-state index contributed by atoms with van der Waals surface area (Å²) in [6, 6.07) is -0.184. The summed E-state index contributed by atoms with van der Waals surface area (Å²) in [4.78, 5) is 34.0. The van der Waals surface area contributed by atoms with Gasteiger partial charge in [0.2, 0.25) is 5.95 Å². The summed E-state index contributed by atoms with van der Waals surface area (Å²) in [7, 11) is 0. The second-order valence-electron chi connectivity index (χ2n) is 10.1. The van der Waals surface area contributed by atoms with Crippen LogP contribution < -0.4 is 16.8 Å². The summed E-state index contributed by atoms with van der Waals surface area (Å²) < 4.78 is 7.56. The Morgan fingerprint density at radius 1 is 1.35 bits per heavy atom. The minimum atomic E-state index is -1.06. The van der Waals surface area contributed by atoms with Crippen LogP contribution in [0, 0.1) is 12.3 Å². The number of hydrogen-bond donors (Lipinski definition) is 4. The highest BCUT2D eigenvalue weighted by molar-refractivity contribution is 6.00. The Bertz CT molecular complexity index is 1100. The van der Waals surface area contributed by atoms with E-state index in [9.17, 15) is 14.7 Å². The van der Waals surface area contributed by atoms with Crippen LogP contribution in [0.15, 0.2) is 12.4 Å². The monoisotopic (exact) mass is 470 g/mol. The Labute approximate surface area is 199 Å². The van der Waals surface area contributed by atoms with Gasteiger partial charge >= 0.3 is 0 Å². The van der Waals surface area contributed by atoms with Crippen molar-refractivity contribution < 1.29 is 19.4 Å². The molecule has 0 bridgehead atoms. The van der Waals surface area contributed by atoms with Gasteiger partial charge in [0.15, 0.2) is 12.1 Å². The number of hydrogen-bond acceptors (Lipinski definition) is 8. The lowest BCUT2D eigenvalue weighted by Crippen LogP contribution is -2.42. The SMILES string of the molecule is Cc1cn(-c2ncc(C(N)=O)c(NC3CCCCC3OC(O)CN)n2)c2c1C(=O)CC(C)(C)C2. The molecule has 0 spiro atoms. The van der Waals surface area contributed by atoms with Crippen LogP contribution in [0.25, 0.3) is 5.95 Å². The molecular weight excluding hydrogens is 436 g/mol. The summed E-state index contributed by atoms with van der Waals surface area (Å²) in [6.45, 7) is 6.06. The lowest BCUT2D eigenvalue weighted by Gasteiger charge is -2.34. The number of nitrogens with zero attached hydrogens (tertiary/aromatic N) is 3. The fraction of sp³-hybridized carbons (Fsp3) is 0.583. The van der Waals surface area contributed by atoms with E-state index in [1.54, 1.807) is 0 Å². The number of Topliss-reactive ketones (excluding diaryl/α,β-unsaturated/α-hetero) is 1. The van der Waals surface area contributed by atoms with E-state index >= 15 is 0 Å². The fourth-order valence-corrected chi connectivity index (χ4v) is 5.09. The average Bonchev–Trinajstić information content (AvgIpc) is 3.09. The summed E-state index contributed by atoms with van der Waals surface area (Å²) in [5.74, 6) is 0.140. The maximum absolute atomic E-state index is 12.8. The van der Waals surface area contributed by atoms with Gasteiger partial charge in [-0.1, -0.05) is 26.7 Å². The van der Waals surface area contributed by atoms with E-state index < -0.39 is 12.2 Å². The molecule has 2 aromatic heterocycles. The number of anilines is 1. The predicted octanol–water partition coefficient (Wildman–Crippen LogP) is 1.85. The average molecular weight is 471 g/mol. The molecule has 3 atom stereocenters. The number of carbonyl (C=O) groups is 2. The van der Waals surface area contributed by atoms with Gasteiger partial charge in [0, 0.05) is 36.6 Å². The van der Waals surface area contributed by atoms with Crippen molar-refractivity contribution in [2.45, 2.75) is 77.7 Å². The smallest absolute Gasteiger partial charge is 0.254 e. The van der Waals surface area contributed by atoms with Gasteiger partial charge in [-0.05, 0) is 37.2 Å². The molecule has 6 N–H and O–H groups in total. The molecule has 0 radical (unpaired) electrons. The molecule has 10 nitrogen and oxygen atoms in total. The van der Waals surface area contributed by atoms with Gasteiger partial charge < -0.3 is 26.6 Å². The number of aliphatic hydroxyl groups excluding tert-OH is 1. The molecule has 1 fully saturated rings. The number of fused-ring (bicyclic) bond motifs is 1. The highest BCUT2D eigenvalue weighted by Crippen LogP contribution is 2.38. The molecule has 184 valence electrons. The molecular formula is C24H34N6O4. The molecule has 3 unspecified atom stereocenters. The first kappa shape index (κ1) is 24.3. The lowest BCUT2D eigenvalue weighted by atomic mass is 9.75. The quantitative estimate of drug-likeness (QED) is 0.446. The number of carbonyl (C=O) groups excluding carboxylic acids is 2. The molecule has 10 heteroatoms. The third-order valence-electron chi connectivity index (χ3n) is 6.68. The second kappa shape index (κ2) is 9.44. The summed E-state index contributed by atoms with van der Waals surface area (Å²) in [6.07, 6.45) is 6.62. The molecule has 4 rings (SSSR count). The standard InChI is InChI=1S/C24H34N6O4/c1-13-12-30(16-8-24(2,3)9-17(31)20(13)16)23-27-11-14(21(26)33)22(29-23)28-15-6-4-5-7-18(15)34-19(32)10-25/h11-12,15,18-19,32H,4-10,25H2,1-3H3,(H2,26,33)(H,27,28,29). The van der Waals surface area contributed by atoms with E-state index in [2.05, 4.69) is 29.1 Å². The van der Waals surface area contributed by atoms with E-state index in [0.717, 1.165) is 42.5 Å². The minimum absolute atomic E-state index is 0.000566. The van der Waals surface area contributed by atoms with Crippen LogP contribution in [0.5, 0.6) is 0 Å². The van der Waals surface area contributed by atoms with Gasteiger partial charge in [0.1, 0.15) is 5.82 Å². The molecule has 1 amide bonds. The Hall–Kier alpha value is -2.82. The Balaban J connectivity index is 1.71. The number of primary amides is 1. The van der Waals surface area contributed by atoms with Crippen LogP contribution in [0.1, 0.15) is 77.9 Å². The van der Waals surface area contributed by atoms with Gasteiger partial charge in [0.25, 0.3) is 5.91 Å². The summed E-state index contributed by atoms with van der Waals surface area (Å²) >= 11 is 0. The van der Waals surface area contributed by atoms with Crippen LogP contribution >= 0.6 is 0 Å². The Morgan fingerprint density at radius 2 is 2.09 bits per heavy atom. The van der Waals surface area contributed by atoms with Crippen molar-refractivity contribution in [3.63, 3.8) is 0 Å². The van der Waals surface area contributed by atoms with Crippen molar-refractivity contribution in [1.82, 2.24) is 14.5 Å². The summed E-state index contributed by atoms with van der Waals surface area (Å²) in [5, 5.41) is 13.2. The van der Waals surface area contributed by atoms with Crippen molar-refractivity contribution >= 4 is 17.5 Å². The maximum atomic E-state index is 12.8. The zero-order valence-electron chi connectivity index (χ0n) is 20.0. The van der Waals surface area contributed by atoms with E-state index in [0.29, 0.717) is 24.6 Å². The first-order chi connectivity index (χ1) is 16.1. The first-order valence-electron chi connectivity index (χ1n) is 11.8. The Morgan fingerprint density at radius 3 is 2.79 bits per heavy atom. The van der Waals surface area contributed by atoms with Crippen LogP contribution in [-0.4, -0.2) is 56.3 Å². The van der Waals surface area contributed by atoms with Gasteiger partial charge in [0.05, 0.1) is 17.7 Å². The number of ketones is 1. The lowest BCUT2D eigenvalue weighted by molar-refractivity contribution is -0.140. The van der Waals surface area contributed by atoms with Crippen LogP contribution in [-0.2, 0) is 11.2 Å². The number of rotatable bonds is 7. The maximum Gasteiger partial charge on any atom is 0.254 e. The summed E-state index contributed by atoms with van der Waals surface area (Å²) in [5.41, 5.74) is 13.6. The molecule has 2 aromatic rings. The van der Waals surface area contributed by atoms with Crippen molar-refractivity contribution in [2.75, 3.05) is 11.9 Å². The minimum Gasteiger partial charge on any atom is -0.367 e. The van der Waals surface area contributed by atoms with Crippen molar-refractivity contribution in [1.29, 1.82) is 0 Å². The van der Waals surface area contributed by atoms with Gasteiger partial charge in [-0.25, -0.2) is 4.98 Å². The van der Waals surface area contributed by atoms with Crippen LogP contribution in [0.4, 0.5) is 5.82 Å². The number of aromatic nitrogens is 3. The predicted molar refractivity (Wildman–Crippen MR) is 127 cm³/mol. The van der Waals surface area contributed by atoms with E-state index in [4.69, 9.17) is 16.2 Å². The zero-order chi connectivity index (χ0) is 24.6. The topological polar surface area (TPSA) is 158 Å². The second-order valence-corrected chi connectivity index (χ2v) is 10.1. The zero-order valence-corrected chi connectivity index (χ0v) is 20.0. The highest BCUT2D eigenvalue weighted by atomic mass is 16.6. The van der Waals surface area contributed by atoms with Crippen molar-refractivity contribution in [3.8, 4) is 5.95 Å².